The summed E-state index contributed by atoms with van der Waals surface area (Å²) in [4.78, 5) is 2.81. The first-order valence-electron chi connectivity index (χ1n) is 8.86. The highest BCUT2D eigenvalue weighted by atomic mass is 15.2. The van der Waals surface area contributed by atoms with E-state index >= 15 is 0 Å². The van der Waals surface area contributed by atoms with Crippen LogP contribution in [0, 0.1) is 17.3 Å². The number of nitrogens with zero attached hydrogens (tertiary/aromatic N) is 1. The van der Waals surface area contributed by atoms with E-state index in [4.69, 9.17) is 5.73 Å². The van der Waals surface area contributed by atoms with Crippen molar-refractivity contribution in [2.24, 2.45) is 23.0 Å². The zero-order chi connectivity index (χ0) is 14.8. The lowest BCUT2D eigenvalue weighted by Crippen LogP contribution is -2.61. The van der Waals surface area contributed by atoms with Crippen LogP contribution in [0.2, 0.25) is 0 Å². The van der Waals surface area contributed by atoms with E-state index in [0.717, 1.165) is 18.4 Å². The van der Waals surface area contributed by atoms with Gasteiger partial charge in [-0.1, -0.05) is 40.5 Å². The molecule has 0 bridgehead atoms. The maximum absolute atomic E-state index is 6.37. The van der Waals surface area contributed by atoms with Crippen LogP contribution in [-0.4, -0.2) is 30.1 Å². The van der Waals surface area contributed by atoms with Crippen molar-refractivity contribution in [3.8, 4) is 0 Å². The molecule has 20 heavy (non-hydrogen) atoms. The smallest absolute Gasteiger partial charge is 0.0362 e. The number of hydrogen-bond donors (Lipinski definition) is 1. The molecule has 0 radical (unpaired) electrons. The van der Waals surface area contributed by atoms with Gasteiger partial charge in [0.05, 0.1) is 0 Å². The Hall–Kier alpha value is -0.0800. The molecule has 2 heteroatoms. The number of nitrogens with two attached hydrogens (primary N) is 1. The van der Waals surface area contributed by atoms with Crippen LogP contribution in [0.4, 0.5) is 0 Å². The van der Waals surface area contributed by atoms with Crippen LogP contribution >= 0.6 is 0 Å². The molecule has 1 saturated heterocycles. The van der Waals surface area contributed by atoms with Gasteiger partial charge in [-0.25, -0.2) is 0 Å². The van der Waals surface area contributed by atoms with Crippen molar-refractivity contribution in [3.63, 3.8) is 0 Å². The first kappa shape index (κ1) is 16.3. The number of hydrogen-bond acceptors (Lipinski definition) is 2. The van der Waals surface area contributed by atoms with Gasteiger partial charge >= 0.3 is 0 Å². The third kappa shape index (κ3) is 3.22. The van der Waals surface area contributed by atoms with E-state index in [1.54, 1.807) is 0 Å². The van der Waals surface area contributed by atoms with E-state index in [2.05, 4.69) is 32.6 Å². The summed E-state index contributed by atoms with van der Waals surface area (Å²) in [5, 5.41) is 0. The predicted molar refractivity (Wildman–Crippen MR) is 87.8 cm³/mol. The second-order valence-corrected chi connectivity index (χ2v) is 8.41. The van der Waals surface area contributed by atoms with Gasteiger partial charge in [0.1, 0.15) is 0 Å². The van der Waals surface area contributed by atoms with Crippen LogP contribution in [0.25, 0.3) is 0 Å². The molecule has 2 fully saturated rings. The predicted octanol–water partition coefficient (Wildman–Crippen LogP) is 4.04. The molecule has 0 aromatic rings. The van der Waals surface area contributed by atoms with E-state index in [0.29, 0.717) is 11.0 Å². The molecule has 2 atom stereocenters. The summed E-state index contributed by atoms with van der Waals surface area (Å²) < 4.78 is 0. The quantitative estimate of drug-likeness (QED) is 0.845. The Morgan fingerprint density at radius 3 is 2.45 bits per heavy atom. The Balaban J connectivity index is 2.20. The van der Waals surface area contributed by atoms with Gasteiger partial charge in [-0.2, -0.15) is 0 Å². The van der Waals surface area contributed by atoms with Crippen molar-refractivity contribution in [1.29, 1.82) is 0 Å². The van der Waals surface area contributed by atoms with Crippen LogP contribution in [0.3, 0.4) is 0 Å². The third-order valence-electron chi connectivity index (χ3n) is 6.19. The molecule has 2 aliphatic rings. The normalized spacial score (nSPS) is 36.0. The molecule has 0 amide bonds. The highest BCUT2D eigenvalue weighted by molar-refractivity contribution is 5.01. The van der Waals surface area contributed by atoms with Gasteiger partial charge in [0.25, 0.3) is 0 Å². The van der Waals surface area contributed by atoms with Gasteiger partial charge in [0.15, 0.2) is 0 Å². The lowest BCUT2D eigenvalue weighted by Gasteiger charge is -2.52. The van der Waals surface area contributed by atoms with Crippen molar-refractivity contribution in [1.82, 2.24) is 4.90 Å². The summed E-state index contributed by atoms with van der Waals surface area (Å²) in [6.07, 6.45) is 9.54. The zero-order valence-electron chi connectivity index (χ0n) is 14.3. The summed E-state index contributed by atoms with van der Waals surface area (Å²) in [5.74, 6) is 1.55. The molecule has 2 rings (SSSR count). The van der Waals surface area contributed by atoms with Crippen LogP contribution in [0.5, 0.6) is 0 Å². The fourth-order valence-corrected chi connectivity index (χ4v) is 4.85. The highest BCUT2D eigenvalue weighted by Crippen LogP contribution is 2.44. The largest absolute Gasteiger partial charge is 0.329 e. The van der Waals surface area contributed by atoms with E-state index in [9.17, 15) is 0 Å². The molecule has 0 aromatic heterocycles. The SMILES string of the molecule is CC(C)C1CCCCC1(CN)N1CCCC(C)(C)CC1. The Morgan fingerprint density at radius 2 is 1.80 bits per heavy atom. The maximum atomic E-state index is 6.37. The average molecular weight is 280 g/mol. The molecular weight excluding hydrogens is 244 g/mol. The molecule has 1 aliphatic heterocycles. The average Bonchev–Trinajstić information content (AvgIpc) is 2.59. The van der Waals surface area contributed by atoms with Gasteiger partial charge in [-0.15, -0.1) is 0 Å². The molecule has 1 saturated carbocycles. The van der Waals surface area contributed by atoms with Crippen molar-refractivity contribution in [2.45, 2.75) is 78.2 Å². The third-order valence-corrected chi connectivity index (χ3v) is 6.19. The van der Waals surface area contributed by atoms with Crippen LogP contribution in [-0.2, 0) is 0 Å². The molecule has 2 nitrogen and oxygen atoms in total. The maximum Gasteiger partial charge on any atom is 0.0362 e. The Labute approximate surface area is 126 Å². The van der Waals surface area contributed by atoms with E-state index in [-0.39, 0.29) is 0 Å². The summed E-state index contributed by atoms with van der Waals surface area (Å²) in [5.41, 5.74) is 7.19. The van der Waals surface area contributed by atoms with Crippen LogP contribution < -0.4 is 5.73 Å². The minimum absolute atomic E-state index is 0.298. The standard InChI is InChI=1S/C18H36N2/c1-15(2)16-8-5-6-10-18(16,14-19)20-12-7-9-17(3,4)11-13-20/h15-16H,5-14,19H2,1-4H3. The van der Waals surface area contributed by atoms with Crippen molar-refractivity contribution >= 4 is 0 Å². The molecule has 2 N–H and O–H groups in total. The van der Waals surface area contributed by atoms with Gasteiger partial charge in [0.2, 0.25) is 0 Å². The highest BCUT2D eigenvalue weighted by Gasteiger charge is 2.45. The topological polar surface area (TPSA) is 29.3 Å². The Morgan fingerprint density at radius 1 is 1.05 bits per heavy atom. The summed E-state index contributed by atoms with van der Waals surface area (Å²) in [6.45, 7) is 13.1. The molecule has 1 heterocycles. The van der Waals surface area contributed by atoms with Crippen LogP contribution in [0.1, 0.15) is 72.6 Å². The van der Waals surface area contributed by atoms with Gasteiger partial charge in [-0.05, 0) is 62.4 Å². The summed E-state index contributed by atoms with van der Waals surface area (Å²) in [7, 11) is 0. The molecule has 118 valence electrons. The second-order valence-electron chi connectivity index (χ2n) is 8.41. The van der Waals surface area contributed by atoms with Gasteiger partial charge in [0, 0.05) is 12.1 Å². The fourth-order valence-electron chi connectivity index (χ4n) is 4.85. The number of rotatable bonds is 3. The van der Waals surface area contributed by atoms with E-state index in [1.807, 2.05) is 0 Å². The van der Waals surface area contributed by atoms with Crippen molar-refractivity contribution in [2.75, 3.05) is 19.6 Å². The van der Waals surface area contributed by atoms with Gasteiger partial charge < -0.3 is 5.73 Å². The monoisotopic (exact) mass is 280 g/mol. The number of likely N-dealkylation sites (tertiary alicyclic amines) is 1. The lowest BCUT2D eigenvalue weighted by atomic mass is 9.66. The first-order valence-corrected chi connectivity index (χ1v) is 8.86. The van der Waals surface area contributed by atoms with Crippen LogP contribution in [0.15, 0.2) is 0 Å². The Kier molecular flexibility index (Phi) is 5.18. The molecule has 1 aliphatic carbocycles. The zero-order valence-corrected chi connectivity index (χ0v) is 14.3. The first-order chi connectivity index (χ1) is 9.41. The lowest BCUT2D eigenvalue weighted by molar-refractivity contribution is -0.0132. The molecule has 2 unspecified atom stereocenters. The minimum Gasteiger partial charge on any atom is -0.329 e. The van der Waals surface area contributed by atoms with Gasteiger partial charge in [-0.3, -0.25) is 4.90 Å². The summed E-state index contributed by atoms with van der Waals surface area (Å²) >= 11 is 0. The molecule has 0 spiro atoms. The Bertz CT molecular complexity index is 311. The minimum atomic E-state index is 0.298. The van der Waals surface area contributed by atoms with E-state index in [1.165, 1.54) is 58.0 Å². The second kappa shape index (κ2) is 6.36. The summed E-state index contributed by atoms with van der Waals surface area (Å²) in [6, 6.07) is 0. The van der Waals surface area contributed by atoms with Crippen molar-refractivity contribution in [3.05, 3.63) is 0 Å². The molecule has 0 aromatic carbocycles. The van der Waals surface area contributed by atoms with E-state index < -0.39 is 0 Å². The molecular formula is C18H36N2. The van der Waals surface area contributed by atoms with Crippen molar-refractivity contribution < 1.29 is 0 Å². The fraction of sp³-hybridized carbons (Fsp3) is 1.00.